The minimum Gasteiger partial charge on any atom is -0.436 e. The number of halogens is 7. The Morgan fingerprint density at radius 1 is 1.06 bits per heavy atom. The highest BCUT2D eigenvalue weighted by molar-refractivity contribution is 7.87. The molecule has 96 valence electrons. The molecular formula is C5H3F7O3S. The summed E-state index contributed by atoms with van der Waals surface area (Å²) in [5.41, 5.74) is 0. The van der Waals surface area contributed by atoms with Crippen LogP contribution in [0.15, 0.2) is 12.8 Å². The maximum atomic E-state index is 12.4. The molecule has 0 unspecified atom stereocenters. The molecule has 0 saturated heterocycles. The number of hydrogen-bond donors (Lipinski definition) is 0. The molecule has 0 aromatic rings. The van der Waals surface area contributed by atoms with Crippen LogP contribution in [0.5, 0.6) is 0 Å². The maximum Gasteiger partial charge on any atom is 0.471 e. The van der Waals surface area contributed by atoms with Gasteiger partial charge in [-0.2, -0.15) is 34.8 Å². The van der Waals surface area contributed by atoms with E-state index in [1.165, 1.54) is 0 Å². The molecule has 0 atom stereocenters. The summed E-state index contributed by atoms with van der Waals surface area (Å²) >= 11 is 0. The van der Waals surface area contributed by atoms with E-state index in [1.807, 2.05) is 0 Å². The lowest BCUT2D eigenvalue weighted by Crippen LogP contribution is -2.57. The van der Waals surface area contributed by atoms with Gasteiger partial charge < -0.3 is 4.74 Å². The van der Waals surface area contributed by atoms with Crippen LogP contribution >= 0.6 is 0 Å². The van der Waals surface area contributed by atoms with Crippen LogP contribution in [0.25, 0.3) is 0 Å². The third-order valence-corrected chi connectivity index (χ3v) is 2.14. The van der Waals surface area contributed by atoms with Crippen molar-refractivity contribution in [3.05, 3.63) is 12.8 Å². The van der Waals surface area contributed by atoms with Gasteiger partial charge in [0.15, 0.2) is 0 Å². The van der Waals surface area contributed by atoms with Gasteiger partial charge in [-0.25, -0.2) is 0 Å². The highest BCUT2D eigenvalue weighted by Gasteiger charge is 2.80. The van der Waals surface area contributed by atoms with Gasteiger partial charge in [0, 0.05) is 0 Å². The molecule has 0 rings (SSSR count). The van der Waals surface area contributed by atoms with E-state index in [9.17, 15) is 38.6 Å². The first kappa shape index (κ1) is 15.0. The van der Waals surface area contributed by atoms with E-state index in [2.05, 4.69) is 11.3 Å². The Balaban J connectivity index is 5.61. The zero-order valence-corrected chi connectivity index (χ0v) is 7.88. The molecule has 16 heavy (non-hydrogen) atoms. The van der Waals surface area contributed by atoms with Gasteiger partial charge in [0.1, 0.15) is 0 Å². The van der Waals surface area contributed by atoms with Crippen LogP contribution in [0.1, 0.15) is 0 Å². The fourth-order valence-corrected chi connectivity index (χ4v) is 0.926. The standard InChI is InChI=1S/C5H3F7O3S/c1-2-15-4(8,9)3(6,7)5(10,11)16(12,13)14/h2H,1H2. The Hall–Kier alpha value is -1.00. The monoisotopic (exact) mass is 276 g/mol. The summed E-state index contributed by atoms with van der Waals surface area (Å²) in [6.45, 7) is 2.38. The molecule has 0 fully saturated rings. The minimum absolute atomic E-state index is 0.325. The molecule has 0 spiro atoms. The van der Waals surface area contributed by atoms with Crippen molar-refractivity contribution in [1.82, 2.24) is 0 Å². The summed E-state index contributed by atoms with van der Waals surface area (Å²) in [6, 6.07) is 0. The summed E-state index contributed by atoms with van der Waals surface area (Å²) in [4.78, 5) is 0. The molecule has 3 nitrogen and oxygen atoms in total. The summed E-state index contributed by atoms with van der Waals surface area (Å²) in [7, 11) is -7.24. The molecule has 11 heteroatoms. The summed E-state index contributed by atoms with van der Waals surface area (Å²) in [6.07, 6.45) is -6.26. The molecular weight excluding hydrogens is 273 g/mol. The first-order chi connectivity index (χ1) is 6.81. The van der Waals surface area contributed by atoms with Gasteiger partial charge in [-0.3, -0.25) is 0 Å². The van der Waals surface area contributed by atoms with E-state index in [1.54, 1.807) is 0 Å². The predicted octanol–water partition coefficient (Wildman–Crippen LogP) is 2.27. The largest absolute Gasteiger partial charge is 0.471 e. The number of ether oxygens (including phenoxy) is 1. The van der Waals surface area contributed by atoms with Crippen molar-refractivity contribution in [2.24, 2.45) is 0 Å². The van der Waals surface area contributed by atoms with Crippen molar-refractivity contribution >= 4 is 10.2 Å². The van der Waals surface area contributed by atoms with E-state index in [0.29, 0.717) is 0 Å². The molecule has 0 N–H and O–H groups in total. The molecule has 0 aliphatic rings. The third-order valence-electron chi connectivity index (χ3n) is 1.27. The normalized spacial score (nSPS) is 14.7. The van der Waals surface area contributed by atoms with Crippen LogP contribution in [0.2, 0.25) is 0 Å². The van der Waals surface area contributed by atoms with Gasteiger partial charge in [-0.05, 0) is 0 Å². The van der Waals surface area contributed by atoms with Crippen molar-refractivity contribution in [1.29, 1.82) is 0 Å². The average molecular weight is 276 g/mol. The predicted molar refractivity (Wildman–Crippen MR) is 36.2 cm³/mol. The van der Waals surface area contributed by atoms with E-state index in [4.69, 9.17) is 0 Å². The van der Waals surface area contributed by atoms with Crippen LogP contribution in [0.4, 0.5) is 30.2 Å². The second-order valence-corrected chi connectivity index (χ2v) is 3.72. The Morgan fingerprint density at radius 3 is 1.69 bits per heavy atom. The topological polar surface area (TPSA) is 43.4 Å². The van der Waals surface area contributed by atoms with E-state index >= 15 is 0 Å². The van der Waals surface area contributed by atoms with Crippen LogP contribution in [-0.2, 0) is 15.0 Å². The summed E-state index contributed by atoms with van der Waals surface area (Å²) < 4.78 is 108. The number of alkyl halides is 6. The van der Waals surface area contributed by atoms with Gasteiger partial charge in [0.25, 0.3) is 0 Å². The van der Waals surface area contributed by atoms with Gasteiger partial charge >= 0.3 is 27.5 Å². The Morgan fingerprint density at radius 2 is 1.44 bits per heavy atom. The molecule has 0 heterocycles. The van der Waals surface area contributed by atoms with Gasteiger partial charge in [-0.15, -0.1) is 0 Å². The Labute approximate surface area is 84.7 Å². The van der Waals surface area contributed by atoms with Crippen molar-refractivity contribution in [3.8, 4) is 0 Å². The third kappa shape index (κ3) is 2.08. The molecule has 0 bridgehead atoms. The van der Waals surface area contributed by atoms with Gasteiger partial charge in [0.2, 0.25) is 0 Å². The molecule has 0 radical (unpaired) electrons. The Bertz CT molecular complexity index is 373. The highest BCUT2D eigenvalue weighted by atomic mass is 32.3. The van der Waals surface area contributed by atoms with Crippen molar-refractivity contribution in [3.63, 3.8) is 0 Å². The lowest BCUT2D eigenvalue weighted by molar-refractivity contribution is -0.366. The first-order valence-corrected chi connectivity index (χ1v) is 4.56. The van der Waals surface area contributed by atoms with E-state index < -0.39 is 27.5 Å². The van der Waals surface area contributed by atoms with Crippen molar-refractivity contribution in [2.45, 2.75) is 17.3 Å². The lowest BCUT2D eigenvalue weighted by Gasteiger charge is -2.28. The SMILES string of the molecule is C=COC(F)(F)C(F)(F)C(F)(F)S(=O)(=O)F. The number of hydrogen-bond acceptors (Lipinski definition) is 3. The molecule has 0 aromatic carbocycles. The molecule has 0 aliphatic carbocycles. The second kappa shape index (κ2) is 3.79. The smallest absolute Gasteiger partial charge is 0.436 e. The Kier molecular flexibility index (Phi) is 3.55. The lowest BCUT2D eigenvalue weighted by atomic mass is 10.3. The van der Waals surface area contributed by atoms with Gasteiger partial charge in [0.05, 0.1) is 6.26 Å². The van der Waals surface area contributed by atoms with Crippen LogP contribution in [-0.4, -0.2) is 25.7 Å². The number of rotatable bonds is 5. The molecule has 0 aliphatic heterocycles. The fraction of sp³-hybridized carbons (Fsp3) is 0.600. The van der Waals surface area contributed by atoms with Gasteiger partial charge in [-0.1, -0.05) is 10.5 Å². The average Bonchev–Trinajstić information content (AvgIpc) is 2.01. The molecule has 0 aromatic heterocycles. The van der Waals surface area contributed by atoms with Crippen LogP contribution in [0.3, 0.4) is 0 Å². The molecule has 0 amide bonds. The summed E-state index contributed by atoms with van der Waals surface area (Å²) in [5.74, 6) is -6.60. The molecule has 0 saturated carbocycles. The zero-order chi connectivity index (χ0) is 13.4. The quantitative estimate of drug-likeness (QED) is 0.439. The van der Waals surface area contributed by atoms with Crippen LogP contribution < -0.4 is 0 Å². The van der Waals surface area contributed by atoms with Crippen molar-refractivity contribution < 1.29 is 43.4 Å². The highest BCUT2D eigenvalue weighted by Crippen LogP contribution is 2.49. The van der Waals surface area contributed by atoms with E-state index in [0.717, 1.165) is 0 Å². The van der Waals surface area contributed by atoms with E-state index in [-0.39, 0.29) is 6.26 Å². The minimum atomic E-state index is -7.24. The summed E-state index contributed by atoms with van der Waals surface area (Å²) in [5, 5.41) is -6.63. The van der Waals surface area contributed by atoms with Crippen LogP contribution in [0, 0.1) is 0 Å². The van der Waals surface area contributed by atoms with Crippen molar-refractivity contribution in [2.75, 3.05) is 0 Å². The zero-order valence-electron chi connectivity index (χ0n) is 7.06. The maximum absolute atomic E-state index is 12.4. The first-order valence-electron chi connectivity index (χ1n) is 3.17. The second-order valence-electron chi connectivity index (χ2n) is 2.33. The fourth-order valence-electron chi connectivity index (χ4n) is 0.501.